The number of likely N-dealkylation sites (N-methyl/N-ethyl adjacent to an activating group) is 1. The van der Waals surface area contributed by atoms with Crippen LogP contribution in [-0.2, 0) is 11.3 Å². The molecule has 1 N–H and O–H groups in total. The summed E-state index contributed by atoms with van der Waals surface area (Å²) in [5.74, 6) is 1.46. The second-order valence-electron chi connectivity index (χ2n) is 10.1. The van der Waals surface area contributed by atoms with Crippen LogP contribution in [0.3, 0.4) is 0 Å². The van der Waals surface area contributed by atoms with E-state index in [2.05, 4.69) is 70.5 Å². The van der Waals surface area contributed by atoms with Crippen LogP contribution < -0.4 is 10.2 Å². The summed E-state index contributed by atoms with van der Waals surface area (Å²) in [7, 11) is 4.27. The average Bonchev–Trinajstić information content (AvgIpc) is 3.59. The summed E-state index contributed by atoms with van der Waals surface area (Å²) < 4.78 is 7.51. The number of rotatable bonds is 7. The lowest BCUT2D eigenvalue weighted by Crippen LogP contribution is -2.35. The van der Waals surface area contributed by atoms with Crippen LogP contribution in [0.5, 0.6) is 0 Å². The summed E-state index contributed by atoms with van der Waals surface area (Å²) in [6.45, 7) is 6.38. The third kappa shape index (κ3) is 5.16. The molecule has 2 aliphatic heterocycles. The molecule has 0 bridgehead atoms. The fourth-order valence-corrected chi connectivity index (χ4v) is 5.09. The predicted molar refractivity (Wildman–Crippen MR) is 147 cm³/mol. The molecule has 1 atom stereocenters. The zero-order valence-corrected chi connectivity index (χ0v) is 21.5. The van der Waals surface area contributed by atoms with Crippen LogP contribution in [0.4, 0.5) is 17.5 Å². The topological polar surface area (TPSA) is 74.6 Å². The third-order valence-electron chi connectivity index (χ3n) is 7.32. The summed E-state index contributed by atoms with van der Waals surface area (Å²) >= 11 is 0. The molecule has 2 aliphatic rings. The molecule has 2 saturated heterocycles. The highest BCUT2D eigenvalue weighted by Gasteiger charge is 2.27. The van der Waals surface area contributed by atoms with E-state index in [1.54, 1.807) is 0 Å². The summed E-state index contributed by atoms with van der Waals surface area (Å²) in [5, 5.41) is 3.54. The van der Waals surface area contributed by atoms with E-state index in [9.17, 15) is 0 Å². The van der Waals surface area contributed by atoms with E-state index in [0.717, 1.165) is 86.7 Å². The highest BCUT2D eigenvalue weighted by atomic mass is 16.5. The number of nitrogens with zero attached hydrogens (tertiary/aromatic N) is 7. The van der Waals surface area contributed by atoms with Crippen LogP contribution in [0.25, 0.3) is 16.9 Å². The molecule has 4 aromatic rings. The van der Waals surface area contributed by atoms with Crippen molar-refractivity contribution in [1.29, 1.82) is 0 Å². The first-order chi connectivity index (χ1) is 18.1. The normalized spacial score (nSPS) is 18.7. The Balaban J connectivity index is 1.31. The van der Waals surface area contributed by atoms with Gasteiger partial charge in [0.25, 0.3) is 0 Å². The first-order valence-corrected chi connectivity index (χ1v) is 13.0. The number of fused-ring (bicyclic) bond motifs is 1. The Labute approximate surface area is 217 Å². The van der Waals surface area contributed by atoms with E-state index in [0.29, 0.717) is 6.04 Å². The van der Waals surface area contributed by atoms with Gasteiger partial charge in [-0.2, -0.15) is 9.97 Å². The number of morpholine rings is 1. The van der Waals surface area contributed by atoms with Crippen molar-refractivity contribution in [3.63, 3.8) is 0 Å². The maximum absolute atomic E-state index is 5.47. The number of benzene rings is 2. The van der Waals surface area contributed by atoms with Gasteiger partial charge in [0.15, 0.2) is 17.0 Å². The minimum atomic E-state index is 0.494. The van der Waals surface area contributed by atoms with Gasteiger partial charge in [-0.25, -0.2) is 4.98 Å². The van der Waals surface area contributed by atoms with Gasteiger partial charge in [-0.1, -0.05) is 30.3 Å². The van der Waals surface area contributed by atoms with E-state index in [1.165, 1.54) is 5.56 Å². The number of ether oxygens (including phenoxy) is 1. The molecule has 9 heteroatoms. The van der Waals surface area contributed by atoms with Gasteiger partial charge < -0.3 is 19.9 Å². The summed E-state index contributed by atoms with van der Waals surface area (Å²) in [5.41, 5.74) is 4.87. The molecule has 6 rings (SSSR count). The van der Waals surface area contributed by atoms with Gasteiger partial charge in [0.05, 0.1) is 13.2 Å². The van der Waals surface area contributed by atoms with Crippen LogP contribution in [0.1, 0.15) is 12.0 Å². The Morgan fingerprint density at radius 1 is 0.973 bits per heavy atom. The highest BCUT2D eigenvalue weighted by molar-refractivity contribution is 5.87. The smallest absolute Gasteiger partial charge is 0.229 e. The van der Waals surface area contributed by atoms with Gasteiger partial charge in [-0.05, 0) is 50.3 Å². The van der Waals surface area contributed by atoms with Crippen LogP contribution in [0.2, 0.25) is 0 Å². The standard InChI is InChI=1S/C28H34N8O/c1-33(2)24-12-13-35(19-24)28-31-26(25-27(32-28)36(20-29-25)23-6-4-3-5-7-23)30-22-10-8-21(9-11-22)18-34-14-16-37-17-15-34/h3-11,20,24H,12-19H2,1-2H3,(H,30,31,32). The van der Waals surface area contributed by atoms with Crippen molar-refractivity contribution >= 4 is 28.6 Å². The van der Waals surface area contributed by atoms with E-state index in [-0.39, 0.29) is 0 Å². The van der Waals surface area contributed by atoms with Crippen molar-refractivity contribution in [2.75, 3.05) is 63.7 Å². The Bertz CT molecular complexity index is 1330. The number of anilines is 3. The quantitative estimate of drug-likeness (QED) is 0.415. The fourth-order valence-electron chi connectivity index (χ4n) is 5.09. The monoisotopic (exact) mass is 498 g/mol. The number of imidazole rings is 1. The van der Waals surface area contributed by atoms with Crippen molar-refractivity contribution in [1.82, 2.24) is 29.3 Å². The Kier molecular flexibility index (Phi) is 6.73. The van der Waals surface area contributed by atoms with Crippen molar-refractivity contribution in [2.45, 2.75) is 19.0 Å². The van der Waals surface area contributed by atoms with E-state index < -0.39 is 0 Å². The van der Waals surface area contributed by atoms with Gasteiger partial charge in [-0.15, -0.1) is 0 Å². The summed E-state index contributed by atoms with van der Waals surface area (Å²) in [6, 6.07) is 19.3. The molecule has 2 aromatic heterocycles. The largest absolute Gasteiger partial charge is 0.379 e. The highest BCUT2D eigenvalue weighted by Crippen LogP contribution is 2.29. The number of nitrogens with one attached hydrogen (secondary N) is 1. The van der Waals surface area contributed by atoms with Crippen molar-refractivity contribution in [2.24, 2.45) is 0 Å². The Hall–Kier alpha value is -3.53. The second-order valence-corrected chi connectivity index (χ2v) is 10.1. The Morgan fingerprint density at radius 2 is 1.76 bits per heavy atom. The van der Waals surface area contributed by atoms with Gasteiger partial charge in [-0.3, -0.25) is 9.47 Å². The molecular weight excluding hydrogens is 464 g/mol. The number of hydrogen-bond donors (Lipinski definition) is 1. The lowest BCUT2D eigenvalue weighted by Gasteiger charge is -2.26. The molecule has 9 nitrogen and oxygen atoms in total. The number of aromatic nitrogens is 4. The Morgan fingerprint density at radius 3 is 2.49 bits per heavy atom. The molecule has 0 radical (unpaired) electrons. The van der Waals surface area contributed by atoms with Crippen molar-refractivity contribution in [3.05, 3.63) is 66.5 Å². The molecule has 0 spiro atoms. The molecule has 1 unspecified atom stereocenters. The third-order valence-corrected chi connectivity index (χ3v) is 7.32. The van der Waals surface area contributed by atoms with Gasteiger partial charge in [0.2, 0.25) is 5.95 Å². The molecule has 2 aromatic carbocycles. The van der Waals surface area contributed by atoms with Gasteiger partial charge in [0, 0.05) is 50.1 Å². The zero-order valence-electron chi connectivity index (χ0n) is 21.5. The van der Waals surface area contributed by atoms with Crippen LogP contribution >= 0.6 is 0 Å². The lowest BCUT2D eigenvalue weighted by molar-refractivity contribution is 0.0342. The first-order valence-electron chi connectivity index (χ1n) is 13.0. The average molecular weight is 499 g/mol. The summed E-state index contributed by atoms with van der Waals surface area (Å²) in [4.78, 5) is 21.7. The fraction of sp³-hybridized carbons (Fsp3) is 0.393. The SMILES string of the molecule is CN(C)C1CCN(c2nc(Nc3ccc(CN4CCOCC4)cc3)c3ncn(-c4ccccc4)c3n2)C1. The molecule has 37 heavy (non-hydrogen) atoms. The molecule has 0 saturated carbocycles. The van der Waals surface area contributed by atoms with Crippen LogP contribution in [0, 0.1) is 0 Å². The maximum atomic E-state index is 5.47. The van der Waals surface area contributed by atoms with E-state index in [1.807, 2.05) is 29.1 Å². The van der Waals surface area contributed by atoms with Gasteiger partial charge >= 0.3 is 0 Å². The van der Waals surface area contributed by atoms with Gasteiger partial charge in [0.1, 0.15) is 6.33 Å². The van der Waals surface area contributed by atoms with E-state index in [4.69, 9.17) is 19.7 Å². The molecule has 0 amide bonds. The van der Waals surface area contributed by atoms with E-state index >= 15 is 0 Å². The second kappa shape index (κ2) is 10.5. The zero-order chi connectivity index (χ0) is 25.2. The predicted octanol–water partition coefficient (Wildman–Crippen LogP) is 3.53. The lowest BCUT2D eigenvalue weighted by atomic mass is 10.2. The van der Waals surface area contributed by atoms with Crippen molar-refractivity contribution in [3.8, 4) is 5.69 Å². The van der Waals surface area contributed by atoms with Crippen molar-refractivity contribution < 1.29 is 4.74 Å². The molecular formula is C28H34N8O. The molecule has 192 valence electrons. The molecule has 0 aliphatic carbocycles. The maximum Gasteiger partial charge on any atom is 0.229 e. The minimum absolute atomic E-state index is 0.494. The molecule has 2 fully saturated rings. The van der Waals surface area contributed by atoms with Crippen LogP contribution in [-0.4, -0.2) is 88.8 Å². The minimum Gasteiger partial charge on any atom is -0.379 e. The van der Waals surface area contributed by atoms with Crippen LogP contribution in [0.15, 0.2) is 60.9 Å². The number of hydrogen-bond acceptors (Lipinski definition) is 8. The first kappa shape index (κ1) is 23.8. The molecule has 4 heterocycles. The summed E-state index contributed by atoms with van der Waals surface area (Å²) in [6.07, 6.45) is 2.93. The number of para-hydroxylation sites is 1.